The van der Waals surface area contributed by atoms with Crippen LogP contribution in [-0.4, -0.2) is 57.2 Å². The molecule has 208 valence electrons. The number of carbonyl (C=O) groups excluding carboxylic acids is 3. The van der Waals surface area contributed by atoms with Crippen molar-refractivity contribution in [3.05, 3.63) is 89.2 Å². The van der Waals surface area contributed by atoms with Crippen LogP contribution in [0.2, 0.25) is 5.02 Å². The van der Waals surface area contributed by atoms with Gasteiger partial charge in [-0.3, -0.25) is 14.4 Å². The van der Waals surface area contributed by atoms with Crippen molar-refractivity contribution in [3.63, 3.8) is 0 Å². The lowest BCUT2D eigenvalue weighted by Gasteiger charge is -2.12. The molecule has 0 aliphatic carbocycles. The first-order valence-corrected chi connectivity index (χ1v) is 12.8. The molecule has 2 heterocycles. The van der Waals surface area contributed by atoms with Crippen LogP contribution in [0.5, 0.6) is 17.4 Å². The summed E-state index contributed by atoms with van der Waals surface area (Å²) in [4.78, 5) is 37.6. The molecule has 3 aromatic carbocycles. The number of aliphatic hydroxyl groups is 1. The number of nitrogens with zero attached hydrogens (tertiary/aromatic N) is 3. The minimum atomic E-state index is -1.37. The topological polar surface area (TPSA) is 159 Å². The Kier molecular flexibility index (Phi) is 7.81. The zero-order valence-electron chi connectivity index (χ0n) is 21.7. The molecule has 0 aliphatic rings. The van der Waals surface area contributed by atoms with Crippen molar-refractivity contribution in [2.75, 3.05) is 13.7 Å². The number of hydrogen-bond donors (Lipinski definition) is 3. The van der Waals surface area contributed by atoms with E-state index in [-0.39, 0.29) is 29.3 Å². The zero-order valence-corrected chi connectivity index (χ0v) is 22.5. The first-order chi connectivity index (χ1) is 19.7. The molecule has 0 saturated carbocycles. The van der Waals surface area contributed by atoms with Gasteiger partial charge in [0.25, 0.3) is 5.91 Å². The van der Waals surface area contributed by atoms with Crippen molar-refractivity contribution in [1.29, 1.82) is 0 Å². The second kappa shape index (κ2) is 11.6. The molecule has 2 aromatic heterocycles. The van der Waals surface area contributed by atoms with Crippen molar-refractivity contribution in [2.24, 2.45) is 5.73 Å². The predicted molar refractivity (Wildman–Crippen MR) is 151 cm³/mol. The number of nitrogens with one attached hydrogen (secondary N) is 1. The Morgan fingerprint density at radius 2 is 1.90 bits per heavy atom. The van der Waals surface area contributed by atoms with E-state index in [0.29, 0.717) is 27.1 Å². The van der Waals surface area contributed by atoms with Crippen molar-refractivity contribution in [1.82, 2.24) is 20.1 Å². The summed E-state index contributed by atoms with van der Waals surface area (Å²) in [6.07, 6.45) is 1.68. The van der Waals surface area contributed by atoms with Gasteiger partial charge in [0.2, 0.25) is 17.6 Å². The van der Waals surface area contributed by atoms with Crippen LogP contribution in [0.3, 0.4) is 0 Å². The normalized spacial score (nSPS) is 11.8. The molecule has 11 nitrogen and oxygen atoms in total. The van der Waals surface area contributed by atoms with Crippen molar-refractivity contribution in [3.8, 4) is 17.4 Å². The van der Waals surface area contributed by atoms with E-state index in [9.17, 15) is 19.5 Å². The highest BCUT2D eigenvalue weighted by molar-refractivity contribution is 6.31. The number of amides is 2. The number of nitrogens with two attached hydrogens (primary N) is 1. The highest BCUT2D eigenvalue weighted by Gasteiger charge is 2.21. The number of halogens is 1. The number of primary amides is 1. The van der Waals surface area contributed by atoms with Crippen LogP contribution in [0.4, 0.5) is 0 Å². The summed E-state index contributed by atoms with van der Waals surface area (Å²) < 4.78 is 13.2. The number of aromatic nitrogens is 3. The molecule has 2 amide bonds. The van der Waals surface area contributed by atoms with Gasteiger partial charge in [-0.25, -0.2) is 0 Å². The van der Waals surface area contributed by atoms with E-state index in [4.69, 9.17) is 26.8 Å². The molecule has 5 rings (SSSR count). The maximum atomic E-state index is 13.4. The number of rotatable bonds is 10. The number of benzene rings is 3. The van der Waals surface area contributed by atoms with Gasteiger partial charge in [-0.1, -0.05) is 17.7 Å². The third-order valence-electron chi connectivity index (χ3n) is 6.37. The van der Waals surface area contributed by atoms with Gasteiger partial charge in [0, 0.05) is 47.5 Å². The standard InChI is InChI=1S/C29H24ClN5O6/c1-32-29(39)24(36)14-35-13-22(20-7-6-19(12-23(20)35)41-27-3-2-8-33-34-27)25(37)15-40-26-11-16-4-5-18(30)9-17(16)10-21(26)28(31)38/h2-13,24,36H,14-15H2,1H3,(H2,31,38)(H,32,39)/t24-/m1/s1. The molecule has 0 spiro atoms. The average Bonchev–Trinajstić information content (AvgIpc) is 3.32. The van der Waals surface area contributed by atoms with Gasteiger partial charge < -0.3 is 30.2 Å². The molecule has 5 aromatic rings. The van der Waals surface area contributed by atoms with Crippen LogP contribution in [0, 0.1) is 0 Å². The first-order valence-electron chi connectivity index (χ1n) is 12.4. The second-order valence-corrected chi connectivity index (χ2v) is 9.52. The van der Waals surface area contributed by atoms with Crippen LogP contribution in [-0.2, 0) is 11.3 Å². The average molecular weight is 574 g/mol. The maximum absolute atomic E-state index is 13.4. The number of aliphatic hydroxyl groups excluding tert-OH is 1. The molecule has 0 aliphatic heterocycles. The lowest BCUT2D eigenvalue weighted by molar-refractivity contribution is -0.129. The zero-order chi connectivity index (χ0) is 29.1. The van der Waals surface area contributed by atoms with Gasteiger partial charge in [0.05, 0.1) is 17.6 Å². The molecule has 1 atom stereocenters. The number of likely N-dealkylation sites (N-methyl/N-ethyl adjacent to an activating group) is 1. The van der Waals surface area contributed by atoms with Gasteiger partial charge in [-0.05, 0) is 53.2 Å². The van der Waals surface area contributed by atoms with E-state index in [2.05, 4.69) is 15.5 Å². The van der Waals surface area contributed by atoms with E-state index < -0.39 is 30.3 Å². The minimum absolute atomic E-state index is 0.106. The number of carbonyl (C=O) groups is 3. The summed E-state index contributed by atoms with van der Waals surface area (Å²) in [6, 6.07) is 16.7. The number of fused-ring (bicyclic) bond motifs is 2. The molecule has 0 radical (unpaired) electrons. The van der Waals surface area contributed by atoms with Gasteiger partial charge in [-0.15, -0.1) is 5.10 Å². The highest BCUT2D eigenvalue weighted by Crippen LogP contribution is 2.31. The molecule has 0 saturated heterocycles. The Hall–Kier alpha value is -5.00. The van der Waals surface area contributed by atoms with Crippen LogP contribution < -0.4 is 20.5 Å². The summed E-state index contributed by atoms with van der Waals surface area (Å²) in [5, 5.41) is 23.0. The molecule has 0 fully saturated rings. The Morgan fingerprint density at radius 1 is 1.07 bits per heavy atom. The highest BCUT2D eigenvalue weighted by atomic mass is 35.5. The smallest absolute Gasteiger partial charge is 0.252 e. The van der Waals surface area contributed by atoms with Gasteiger partial charge in [0.15, 0.2) is 12.7 Å². The monoisotopic (exact) mass is 573 g/mol. The third-order valence-corrected chi connectivity index (χ3v) is 6.60. The first kappa shape index (κ1) is 27.6. The van der Waals surface area contributed by atoms with Gasteiger partial charge in [0.1, 0.15) is 11.5 Å². The number of ketones is 1. The van der Waals surface area contributed by atoms with E-state index in [0.717, 1.165) is 5.39 Å². The van der Waals surface area contributed by atoms with Gasteiger partial charge in [-0.2, -0.15) is 5.10 Å². The molecule has 0 unspecified atom stereocenters. The molecular formula is C29H24ClN5O6. The summed E-state index contributed by atoms with van der Waals surface area (Å²) in [5.74, 6) is -0.875. The Labute approximate surface area is 238 Å². The summed E-state index contributed by atoms with van der Waals surface area (Å²) in [7, 11) is 1.42. The van der Waals surface area contributed by atoms with Crippen molar-refractivity contribution >= 4 is 50.9 Å². The quantitative estimate of drug-likeness (QED) is 0.214. The van der Waals surface area contributed by atoms with Crippen LogP contribution in [0.15, 0.2) is 73.1 Å². The maximum Gasteiger partial charge on any atom is 0.252 e. The second-order valence-electron chi connectivity index (χ2n) is 9.08. The number of Topliss-reactive ketones (excluding diaryl/α,β-unsaturated/α-hetero) is 1. The lowest BCUT2D eigenvalue weighted by atomic mass is 10.1. The van der Waals surface area contributed by atoms with Crippen LogP contribution >= 0.6 is 11.6 Å². The fourth-order valence-corrected chi connectivity index (χ4v) is 4.57. The Morgan fingerprint density at radius 3 is 2.63 bits per heavy atom. The fraction of sp³-hybridized carbons (Fsp3) is 0.138. The Bertz CT molecular complexity index is 1790. The molecule has 4 N–H and O–H groups in total. The number of hydrogen-bond acceptors (Lipinski definition) is 8. The largest absolute Gasteiger partial charge is 0.485 e. The third kappa shape index (κ3) is 5.96. The van der Waals surface area contributed by atoms with Crippen molar-refractivity contribution in [2.45, 2.75) is 12.6 Å². The molecular weight excluding hydrogens is 550 g/mol. The van der Waals surface area contributed by atoms with E-state index in [1.165, 1.54) is 19.4 Å². The van der Waals surface area contributed by atoms with E-state index in [1.54, 1.807) is 65.2 Å². The number of ether oxygens (including phenoxy) is 2. The molecule has 12 heteroatoms. The van der Waals surface area contributed by atoms with Crippen LogP contribution in [0.25, 0.3) is 21.7 Å². The SMILES string of the molecule is CNC(=O)[C@H](O)Cn1cc(C(=O)COc2cc3ccc(Cl)cc3cc2C(N)=O)c2ccc(Oc3cccnn3)cc21. The minimum Gasteiger partial charge on any atom is -0.485 e. The van der Waals surface area contributed by atoms with E-state index in [1.807, 2.05) is 0 Å². The predicted octanol–water partition coefficient (Wildman–Crippen LogP) is 3.50. The molecule has 41 heavy (non-hydrogen) atoms. The molecule has 0 bridgehead atoms. The van der Waals surface area contributed by atoms with E-state index >= 15 is 0 Å². The lowest BCUT2D eigenvalue weighted by Crippen LogP contribution is -2.34. The summed E-state index contributed by atoms with van der Waals surface area (Å²) >= 11 is 6.07. The van der Waals surface area contributed by atoms with Gasteiger partial charge >= 0.3 is 0 Å². The Balaban J connectivity index is 1.47. The summed E-state index contributed by atoms with van der Waals surface area (Å²) in [6.45, 7) is -0.535. The van der Waals surface area contributed by atoms with Crippen molar-refractivity contribution < 1.29 is 29.0 Å². The van der Waals surface area contributed by atoms with Crippen LogP contribution in [0.1, 0.15) is 20.7 Å². The summed E-state index contributed by atoms with van der Waals surface area (Å²) in [5.41, 5.74) is 6.49. The fourth-order valence-electron chi connectivity index (χ4n) is 4.39.